The minimum atomic E-state index is -3.73. The van der Waals surface area contributed by atoms with Gasteiger partial charge in [-0.2, -0.15) is 0 Å². The second-order valence-electron chi connectivity index (χ2n) is 6.27. The molecular weight excluding hydrogens is 426 g/mol. The zero-order valence-corrected chi connectivity index (χ0v) is 17.3. The van der Waals surface area contributed by atoms with Crippen molar-refractivity contribution in [3.63, 3.8) is 0 Å². The number of fused-ring (bicyclic) bond motifs is 1. The van der Waals surface area contributed by atoms with Crippen molar-refractivity contribution in [3.05, 3.63) is 59.2 Å². The first kappa shape index (κ1) is 22.6. The number of rotatable bonds is 6. The molecule has 10 heteroatoms. The van der Waals surface area contributed by atoms with E-state index in [1.54, 1.807) is 31.2 Å². The fourth-order valence-corrected chi connectivity index (χ4v) is 2.71. The minimum absolute atomic E-state index is 0.00116. The van der Waals surface area contributed by atoms with Gasteiger partial charge in [-0.05, 0) is 25.0 Å². The first-order chi connectivity index (χ1) is 15.3. The molecule has 0 aliphatic carbocycles. The number of carbonyl (C=O) groups excluding carboxylic acids is 1. The zero-order valence-electron chi connectivity index (χ0n) is 17.3. The summed E-state index contributed by atoms with van der Waals surface area (Å²) in [5, 5.41) is 7.63. The first-order valence-electron chi connectivity index (χ1n) is 9.20. The average Bonchev–Trinajstić information content (AvgIpc) is 3.10. The van der Waals surface area contributed by atoms with Crippen molar-refractivity contribution in [2.24, 2.45) is 10.3 Å². The maximum Gasteiger partial charge on any atom is 0.586 e. The van der Waals surface area contributed by atoms with E-state index in [1.807, 2.05) is 0 Å². The summed E-state index contributed by atoms with van der Waals surface area (Å²) in [6, 6.07) is 11.3. The third-order valence-corrected chi connectivity index (χ3v) is 4.06. The quantitative estimate of drug-likeness (QED) is 0.293. The van der Waals surface area contributed by atoms with E-state index in [-0.39, 0.29) is 35.1 Å². The van der Waals surface area contributed by atoms with E-state index in [4.69, 9.17) is 14.4 Å². The maximum absolute atomic E-state index is 13.3. The van der Waals surface area contributed by atoms with Crippen molar-refractivity contribution in [1.29, 1.82) is 0 Å². The van der Waals surface area contributed by atoms with Crippen LogP contribution in [0.5, 0.6) is 11.5 Å². The summed E-state index contributed by atoms with van der Waals surface area (Å²) in [6.07, 6.45) is -3.73. The SMILES string of the molecule is CO/N=C(/C(=O)OC)c1ccccc1CO/N=C(\C)C#Cc1cccc2c1OC(F)(F)O2. The van der Waals surface area contributed by atoms with Crippen LogP contribution in [0.25, 0.3) is 0 Å². The third kappa shape index (κ3) is 5.31. The maximum atomic E-state index is 13.3. The van der Waals surface area contributed by atoms with Crippen molar-refractivity contribution >= 4 is 17.4 Å². The van der Waals surface area contributed by atoms with E-state index in [9.17, 15) is 13.6 Å². The molecule has 0 unspecified atom stereocenters. The van der Waals surface area contributed by atoms with Crippen molar-refractivity contribution in [2.75, 3.05) is 14.2 Å². The number of hydrogen-bond donors (Lipinski definition) is 0. The number of halogens is 2. The Bertz CT molecular complexity index is 1130. The smallest absolute Gasteiger partial charge is 0.464 e. The van der Waals surface area contributed by atoms with Crippen LogP contribution in [0, 0.1) is 11.8 Å². The van der Waals surface area contributed by atoms with Crippen LogP contribution >= 0.6 is 0 Å². The predicted molar refractivity (Wildman–Crippen MR) is 109 cm³/mol. The summed E-state index contributed by atoms with van der Waals surface area (Å²) in [4.78, 5) is 22.1. The van der Waals surface area contributed by atoms with E-state index < -0.39 is 12.3 Å². The summed E-state index contributed by atoms with van der Waals surface area (Å²) in [5.74, 6) is 4.51. The Hall–Kier alpha value is -4.13. The number of ether oxygens (including phenoxy) is 3. The van der Waals surface area contributed by atoms with Gasteiger partial charge in [0.15, 0.2) is 17.2 Å². The van der Waals surface area contributed by atoms with Gasteiger partial charge in [0, 0.05) is 11.1 Å². The normalized spacial score (nSPS) is 14.3. The van der Waals surface area contributed by atoms with Crippen LogP contribution in [0.1, 0.15) is 23.6 Å². The second kappa shape index (κ2) is 9.78. The molecule has 0 atom stereocenters. The van der Waals surface area contributed by atoms with Gasteiger partial charge in [-0.25, -0.2) is 4.79 Å². The Labute approximate surface area is 182 Å². The number of alkyl halides is 2. The Balaban J connectivity index is 1.73. The fraction of sp³-hybridized carbons (Fsp3) is 0.227. The number of nitrogens with zero attached hydrogens (tertiary/aromatic N) is 2. The van der Waals surface area contributed by atoms with Gasteiger partial charge in [0.25, 0.3) is 0 Å². The molecule has 1 aliphatic rings. The highest BCUT2D eigenvalue weighted by molar-refractivity contribution is 6.43. The number of benzene rings is 2. The summed E-state index contributed by atoms with van der Waals surface area (Å²) >= 11 is 0. The molecular formula is C22H18F2N2O6. The molecule has 32 heavy (non-hydrogen) atoms. The van der Waals surface area contributed by atoms with Crippen LogP contribution in [-0.2, 0) is 25.8 Å². The van der Waals surface area contributed by atoms with Crippen molar-refractivity contribution in [3.8, 4) is 23.3 Å². The van der Waals surface area contributed by atoms with Crippen LogP contribution in [0.2, 0.25) is 0 Å². The molecule has 0 fully saturated rings. The van der Waals surface area contributed by atoms with Gasteiger partial charge in [-0.3, -0.25) is 0 Å². The Kier molecular flexibility index (Phi) is 6.90. The predicted octanol–water partition coefficient (Wildman–Crippen LogP) is 3.48. The average molecular weight is 444 g/mol. The molecule has 0 saturated heterocycles. The molecule has 0 radical (unpaired) electrons. The zero-order chi connectivity index (χ0) is 23.1. The van der Waals surface area contributed by atoms with Crippen LogP contribution in [-0.4, -0.2) is 37.9 Å². The molecule has 2 aromatic rings. The lowest BCUT2D eigenvalue weighted by Gasteiger charge is -2.09. The van der Waals surface area contributed by atoms with Crippen molar-refractivity contribution < 1.29 is 37.5 Å². The van der Waals surface area contributed by atoms with Gasteiger partial charge in [0.1, 0.15) is 19.4 Å². The Morgan fingerprint density at radius 3 is 2.62 bits per heavy atom. The summed E-state index contributed by atoms with van der Waals surface area (Å²) in [5.41, 5.74) is 1.54. The molecule has 0 amide bonds. The highest BCUT2D eigenvalue weighted by Crippen LogP contribution is 2.42. The van der Waals surface area contributed by atoms with Crippen molar-refractivity contribution in [2.45, 2.75) is 19.8 Å². The number of para-hydroxylation sites is 1. The fourth-order valence-electron chi connectivity index (χ4n) is 2.71. The van der Waals surface area contributed by atoms with Crippen LogP contribution in [0.3, 0.4) is 0 Å². The van der Waals surface area contributed by atoms with E-state index in [2.05, 4.69) is 31.6 Å². The van der Waals surface area contributed by atoms with Gasteiger partial charge in [-0.15, -0.1) is 8.78 Å². The summed E-state index contributed by atoms with van der Waals surface area (Å²) in [7, 11) is 2.55. The van der Waals surface area contributed by atoms with Gasteiger partial charge >= 0.3 is 12.3 Å². The van der Waals surface area contributed by atoms with Gasteiger partial charge in [-0.1, -0.05) is 46.6 Å². The Morgan fingerprint density at radius 1 is 1.09 bits per heavy atom. The van der Waals surface area contributed by atoms with E-state index >= 15 is 0 Å². The molecule has 3 rings (SSSR count). The first-order valence-corrected chi connectivity index (χ1v) is 9.20. The van der Waals surface area contributed by atoms with Crippen LogP contribution in [0.4, 0.5) is 8.78 Å². The molecule has 1 heterocycles. The molecule has 166 valence electrons. The molecule has 2 aromatic carbocycles. The largest absolute Gasteiger partial charge is 0.586 e. The Morgan fingerprint density at radius 2 is 1.88 bits per heavy atom. The molecule has 0 saturated carbocycles. The number of hydrogen-bond acceptors (Lipinski definition) is 8. The number of esters is 1. The van der Waals surface area contributed by atoms with Crippen LogP contribution in [0.15, 0.2) is 52.8 Å². The molecule has 0 aromatic heterocycles. The second-order valence-corrected chi connectivity index (χ2v) is 6.27. The third-order valence-electron chi connectivity index (χ3n) is 4.06. The monoisotopic (exact) mass is 444 g/mol. The highest BCUT2D eigenvalue weighted by atomic mass is 19.3. The van der Waals surface area contributed by atoms with Gasteiger partial charge in [0.05, 0.1) is 12.7 Å². The van der Waals surface area contributed by atoms with E-state index in [0.29, 0.717) is 11.1 Å². The lowest BCUT2D eigenvalue weighted by atomic mass is 10.0. The molecule has 8 nitrogen and oxygen atoms in total. The number of methoxy groups -OCH3 is 1. The summed E-state index contributed by atoms with van der Waals surface area (Å²) in [6.45, 7) is 1.58. The highest BCUT2D eigenvalue weighted by Gasteiger charge is 2.44. The van der Waals surface area contributed by atoms with Gasteiger partial charge < -0.3 is 23.9 Å². The standard InChI is InChI=1S/C22H18F2N2O6/c1-14(11-12-15-8-6-10-18-20(15)32-22(23,24)31-18)25-30-13-16-7-4-5-9-17(16)19(26-29-3)21(27)28-2/h4-10H,13H2,1-3H3/b25-14+,26-19+. The minimum Gasteiger partial charge on any atom is -0.464 e. The van der Waals surface area contributed by atoms with Crippen LogP contribution < -0.4 is 9.47 Å². The lowest BCUT2D eigenvalue weighted by Crippen LogP contribution is -2.26. The lowest BCUT2D eigenvalue weighted by molar-refractivity contribution is -0.286. The molecule has 0 spiro atoms. The van der Waals surface area contributed by atoms with Gasteiger partial charge in [0.2, 0.25) is 0 Å². The molecule has 1 aliphatic heterocycles. The number of oxime groups is 2. The van der Waals surface area contributed by atoms with E-state index in [1.165, 1.54) is 32.4 Å². The van der Waals surface area contributed by atoms with E-state index in [0.717, 1.165) is 0 Å². The number of carbonyl (C=O) groups is 1. The van der Waals surface area contributed by atoms with Crippen molar-refractivity contribution in [1.82, 2.24) is 0 Å². The molecule has 0 bridgehead atoms. The molecule has 0 N–H and O–H groups in total. The summed E-state index contributed by atoms with van der Waals surface area (Å²) < 4.78 is 40.2. The topological polar surface area (TPSA) is 87.9 Å².